The van der Waals surface area contributed by atoms with E-state index in [0.717, 1.165) is 50.9 Å². The number of ketones is 1. The van der Waals surface area contributed by atoms with Crippen molar-refractivity contribution in [3.05, 3.63) is 0 Å². The van der Waals surface area contributed by atoms with E-state index in [0.29, 0.717) is 12.8 Å². The van der Waals surface area contributed by atoms with Gasteiger partial charge in [-0.25, -0.2) is 0 Å². The molecule has 0 saturated heterocycles. The zero-order valence-electron chi connectivity index (χ0n) is 16.7. The van der Waals surface area contributed by atoms with Gasteiger partial charge in [-0.05, 0) is 50.4 Å². The first-order valence-corrected chi connectivity index (χ1v) is 11.1. The molecule has 0 aliphatic heterocycles. The molecule has 0 aromatic heterocycles. The Balaban J connectivity index is 1.65. The first kappa shape index (κ1) is 22.4. The molecule has 0 heterocycles. The first-order valence-electron chi connectivity index (χ1n) is 11.1. The van der Waals surface area contributed by atoms with Gasteiger partial charge in [-0.2, -0.15) is 0 Å². The highest BCUT2D eigenvalue weighted by Gasteiger charge is 2.40. The van der Waals surface area contributed by atoms with Gasteiger partial charge >= 0.3 is 5.97 Å². The summed E-state index contributed by atoms with van der Waals surface area (Å²) in [7, 11) is 0. The largest absolute Gasteiger partial charge is 0.481 e. The fraction of sp³-hybridized carbons (Fsp3) is 0.909. The summed E-state index contributed by atoms with van der Waals surface area (Å²) in [5, 5.41) is 29.2. The van der Waals surface area contributed by atoms with Crippen molar-refractivity contribution in [2.24, 2.45) is 17.8 Å². The van der Waals surface area contributed by atoms with Gasteiger partial charge in [0.05, 0.1) is 12.2 Å². The minimum Gasteiger partial charge on any atom is -0.481 e. The second kappa shape index (κ2) is 11.8. The topological polar surface area (TPSA) is 94.8 Å². The number of carboxylic acids is 1. The SMILES string of the molecule is O=C(O)CCCCCC[C@H]1C(=O)C[C@@H](O)[C@@H]1CCC(O)CCC1CCCC1. The minimum atomic E-state index is -0.754. The lowest BCUT2D eigenvalue weighted by Gasteiger charge is -2.22. The third-order valence-electron chi connectivity index (χ3n) is 6.71. The van der Waals surface area contributed by atoms with E-state index in [9.17, 15) is 19.8 Å². The van der Waals surface area contributed by atoms with Gasteiger partial charge < -0.3 is 15.3 Å². The van der Waals surface area contributed by atoms with Crippen LogP contribution >= 0.6 is 0 Å². The van der Waals surface area contributed by atoms with E-state index in [1.54, 1.807) is 0 Å². The van der Waals surface area contributed by atoms with E-state index in [2.05, 4.69) is 0 Å². The van der Waals surface area contributed by atoms with Crippen molar-refractivity contribution in [1.29, 1.82) is 0 Å². The van der Waals surface area contributed by atoms with E-state index in [4.69, 9.17) is 5.11 Å². The molecular formula is C22H38O5. The molecule has 0 spiro atoms. The van der Waals surface area contributed by atoms with Crippen molar-refractivity contribution in [2.75, 3.05) is 0 Å². The van der Waals surface area contributed by atoms with E-state index in [1.165, 1.54) is 25.7 Å². The predicted octanol–water partition coefficient (Wildman–Crippen LogP) is 4.09. The molecule has 0 amide bonds. The zero-order chi connectivity index (χ0) is 19.6. The van der Waals surface area contributed by atoms with Crippen LogP contribution in [0.5, 0.6) is 0 Å². The fourth-order valence-electron chi connectivity index (χ4n) is 5.03. The van der Waals surface area contributed by atoms with Crippen LogP contribution in [0.4, 0.5) is 0 Å². The fourth-order valence-corrected chi connectivity index (χ4v) is 5.03. The molecule has 0 radical (unpaired) electrons. The number of Topliss-reactive ketones (excluding diaryl/α,β-unsaturated/α-hetero) is 1. The summed E-state index contributed by atoms with van der Waals surface area (Å²) in [6.07, 6.45) is 12.4. The van der Waals surface area contributed by atoms with Crippen LogP contribution in [0.3, 0.4) is 0 Å². The van der Waals surface area contributed by atoms with Gasteiger partial charge in [-0.3, -0.25) is 9.59 Å². The Labute approximate surface area is 163 Å². The minimum absolute atomic E-state index is 0.0161. The van der Waals surface area contributed by atoms with E-state index in [-0.39, 0.29) is 36.6 Å². The maximum atomic E-state index is 12.2. The van der Waals surface area contributed by atoms with Gasteiger partial charge in [0, 0.05) is 18.8 Å². The van der Waals surface area contributed by atoms with Gasteiger partial charge in [0.25, 0.3) is 0 Å². The van der Waals surface area contributed by atoms with Crippen molar-refractivity contribution < 1.29 is 24.9 Å². The van der Waals surface area contributed by atoms with Crippen LogP contribution in [0.2, 0.25) is 0 Å². The Hall–Kier alpha value is -0.940. The average molecular weight is 383 g/mol. The molecule has 2 rings (SSSR count). The number of hydrogen-bond acceptors (Lipinski definition) is 4. The highest BCUT2D eigenvalue weighted by molar-refractivity contribution is 5.84. The quantitative estimate of drug-likeness (QED) is 0.417. The summed E-state index contributed by atoms with van der Waals surface area (Å²) in [4.78, 5) is 22.8. The number of rotatable bonds is 13. The molecule has 5 heteroatoms. The molecule has 2 aliphatic carbocycles. The molecule has 27 heavy (non-hydrogen) atoms. The summed E-state index contributed by atoms with van der Waals surface area (Å²) >= 11 is 0. The normalized spacial score (nSPS) is 27.3. The van der Waals surface area contributed by atoms with Crippen molar-refractivity contribution in [1.82, 2.24) is 0 Å². The molecule has 156 valence electrons. The summed E-state index contributed by atoms with van der Waals surface area (Å²) < 4.78 is 0. The molecule has 0 aromatic rings. The van der Waals surface area contributed by atoms with E-state index < -0.39 is 12.1 Å². The van der Waals surface area contributed by atoms with Gasteiger partial charge in [-0.15, -0.1) is 0 Å². The monoisotopic (exact) mass is 382 g/mol. The standard InChI is InChI=1S/C22H38O5/c23-17(12-11-16-7-5-6-8-16)13-14-19-18(20(24)15-21(19)25)9-3-1-2-4-10-22(26)27/h16-19,21,23,25H,1-15H2,(H,26,27)/t17?,18-,19-,21-/m1/s1. The number of aliphatic hydroxyl groups excluding tert-OH is 2. The van der Waals surface area contributed by atoms with Crippen LogP contribution in [0.1, 0.15) is 96.3 Å². The Bertz CT molecular complexity index is 458. The van der Waals surface area contributed by atoms with Crippen molar-refractivity contribution in [3.63, 3.8) is 0 Å². The van der Waals surface area contributed by atoms with Crippen LogP contribution < -0.4 is 0 Å². The number of aliphatic hydroxyl groups is 2. The lowest BCUT2D eigenvalue weighted by Crippen LogP contribution is -2.23. The maximum Gasteiger partial charge on any atom is 0.303 e. The van der Waals surface area contributed by atoms with Crippen LogP contribution in [0.25, 0.3) is 0 Å². The van der Waals surface area contributed by atoms with Crippen molar-refractivity contribution >= 4 is 11.8 Å². The molecule has 5 nitrogen and oxygen atoms in total. The molecule has 0 bridgehead atoms. The Morgan fingerprint density at radius 2 is 1.67 bits per heavy atom. The number of hydrogen-bond donors (Lipinski definition) is 3. The Morgan fingerprint density at radius 1 is 1.00 bits per heavy atom. The molecule has 2 fully saturated rings. The lowest BCUT2D eigenvalue weighted by atomic mass is 9.84. The molecule has 1 unspecified atom stereocenters. The molecular weight excluding hydrogens is 344 g/mol. The van der Waals surface area contributed by atoms with Crippen LogP contribution in [-0.4, -0.2) is 39.3 Å². The number of carbonyl (C=O) groups excluding carboxylic acids is 1. The molecule has 2 aliphatic rings. The van der Waals surface area contributed by atoms with Crippen LogP contribution in [0, 0.1) is 17.8 Å². The highest BCUT2D eigenvalue weighted by Crippen LogP contribution is 2.37. The third-order valence-corrected chi connectivity index (χ3v) is 6.71. The number of carboxylic acid groups (broad SMARTS) is 1. The second-order valence-electron chi connectivity index (χ2n) is 8.81. The number of unbranched alkanes of at least 4 members (excludes halogenated alkanes) is 3. The summed E-state index contributed by atoms with van der Waals surface area (Å²) in [5.41, 5.74) is 0. The van der Waals surface area contributed by atoms with Gasteiger partial charge in [0.2, 0.25) is 0 Å². The lowest BCUT2D eigenvalue weighted by molar-refractivity contribution is -0.137. The Morgan fingerprint density at radius 3 is 2.37 bits per heavy atom. The average Bonchev–Trinajstić information content (AvgIpc) is 3.22. The van der Waals surface area contributed by atoms with Crippen LogP contribution in [0.15, 0.2) is 0 Å². The second-order valence-corrected chi connectivity index (χ2v) is 8.81. The van der Waals surface area contributed by atoms with Crippen molar-refractivity contribution in [2.45, 2.75) is 109 Å². The molecule has 0 aromatic carbocycles. The maximum absolute atomic E-state index is 12.2. The van der Waals surface area contributed by atoms with Gasteiger partial charge in [-0.1, -0.05) is 44.9 Å². The highest BCUT2D eigenvalue weighted by atomic mass is 16.4. The summed E-state index contributed by atoms with van der Waals surface area (Å²) in [5.74, 6) is 0.0976. The third kappa shape index (κ3) is 7.90. The van der Waals surface area contributed by atoms with Gasteiger partial charge in [0.15, 0.2) is 0 Å². The smallest absolute Gasteiger partial charge is 0.303 e. The zero-order valence-corrected chi connectivity index (χ0v) is 16.7. The molecule has 3 N–H and O–H groups in total. The van der Waals surface area contributed by atoms with Gasteiger partial charge in [0.1, 0.15) is 5.78 Å². The predicted molar refractivity (Wildman–Crippen MR) is 104 cm³/mol. The summed E-state index contributed by atoms with van der Waals surface area (Å²) in [6, 6.07) is 0. The summed E-state index contributed by atoms with van der Waals surface area (Å²) in [6.45, 7) is 0. The number of aliphatic carboxylic acids is 1. The van der Waals surface area contributed by atoms with Crippen LogP contribution in [-0.2, 0) is 9.59 Å². The molecule has 2 saturated carbocycles. The Kier molecular flexibility index (Phi) is 9.77. The van der Waals surface area contributed by atoms with E-state index >= 15 is 0 Å². The molecule has 4 atom stereocenters. The number of carbonyl (C=O) groups is 2. The van der Waals surface area contributed by atoms with E-state index in [1.807, 2.05) is 0 Å². The first-order chi connectivity index (χ1) is 13.0. The van der Waals surface area contributed by atoms with Crippen molar-refractivity contribution in [3.8, 4) is 0 Å².